The van der Waals surface area contributed by atoms with Gasteiger partial charge in [0, 0.05) is 17.3 Å². The quantitative estimate of drug-likeness (QED) is 0.896. The minimum atomic E-state index is -0.927. The van der Waals surface area contributed by atoms with Crippen molar-refractivity contribution in [1.29, 1.82) is 0 Å². The Morgan fingerprint density at radius 1 is 1.50 bits per heavy atom. The Bertz CT molecular complexity index is 450. The first kappa shape index (κ1) is 13.4. The number of methoxy groups -OCH3 is 1. The van der Waals surface area contributed by atoms with Crippen molar-refractivity contribution in [3.05, 3.63) is 28.2 Å². The summed E-state index contributed by atoms with van der Waals surface area (Å²) in [5.74, 6) is -0.927. The summed E-state index contributed by atoms with van der Waals surface area (Å²) in [7, 11) is 1.73. The van der Waals surface area contributed by atoms with Gasteiger partial charge in [0.05, 0.1) is 17.7 Å². The van der Waals surface area contributed by atoms with E-state index in [1.54, 1.807) is 25.3 Å². The molecule has 1 aliphatic rings. The van der Waals surface area contributed by atoms with Crippen molar-refractivity contribution in [2.75, 3.05) is 12.4 Å². The molecule has 18 heavy (non-hydrogen) atoms. The summed E-state index contributed by atoms with van der Waals surface area (Å²) in [6, 6.07) is 5.50. The average molecular weight is 314 g/mol. The van der Waals surface area contributed by atoms with Crippen LogP contribution in [0.5, 0.6) is 0 Å². The average Bonchev–Trinajstić information content (AvgIpc) is 2.76. The van der Waals surface area contributed by atoms with Gasteiger partial charge in [-0.15, -0.1) is 0 Å². The highest BCUT2D eigenvalue weighted by Gasteiger charge is 2.26. The topological polar surface area (TPSA) is 58.6 Å². The Labute approximate surface area is 114 Å². The number of aromatic carboxylic acids is 1. The fourth-order valence-electron chi connectivity index (χ4n) is 2.37. The number of hydrogen-bond acceptors (Lipinski definition) is 3. The number of carboxylic acid groups (broad SMARTS) is 1. The predicted molar refractivity (Wildman–Crippen MR) is 73.2 cm³/mol. The molecule has 2 N–H and O–H groups in total. The van der Waals surface area contributed by atoms with Crippen LogP contribution in [0, 0.1) is 0 Å². The van der Waals surface area contributed by atoms with Gasteiger partial charge in [-0.05, 0) is 53.4 Å². The first-order chi connectivity index (χ1) is 8.61. The third-order valence-electron chi connectivity index (χ3n) is 3.31. The molecule has 2 atom stereocenters. The number of hydrogen-bond donors (Lipinski definition) is 2. The predicted octanol–water partition coefficient (Wildman–Crippen LogP) is 3.13. The minimum Gasteiger partial charge on any atom is -0.478 e. The summed E-state index contributed by atoms with van der Waals surface area (Å²) in [6.07, 6.45) is 3.55. The molecule has 0 radical (unpaired) electrons. The van der Waals surface area contributed by atoms with E-state index in [0.717, 1.165) is 24.9 Å². The molecule has 0 aliphatic heterocycles. The number of carboxylic acids is 1. The van der Waals surface area contributed by atoms with Gasteiger partial charge in [0.1, 0.15) is 0 Å². The molecule has 1 aromatic carbocycles. The maximum Gasteiger partial charge on any atom is 0.336 e. The van der Waals surface area contributed by atoms with Crippen molar-refractivity contribution in [2.45, 2.75) is 31.4 Å². The van der Waals surface area contributed by atoms with Crippen LogP contribution in [-0.2, 0) is 4.74 Å². The SMILES string of the molecule is COC1CCCC1Nc1ccc(C(=O)O)c(Br)c1. The third-order valence-corrected chi connectivity index (χ3v) is 3.96. The molecule has 0 bridgehead atoms. The lowest BCUT2D eigenvalue weighted by atomic mass is 10.1. The molecule has 0 heterocycles. The number of ether oxygens (including phenoxy) is 1. The molecule has 5 heteroatoms. The van der Waals surface area contributed by atoms with E-state index in [2.05, 4.69) is 21.2 Å². The van der Waals surface area contributed by atoms with Gasteiger partial charge >= 0.3 is 5.97 Å². The molecule has 4 nitrogen and oxygen atoms in total. The molecular formula is C13H16BrNO3. The summed E-state index contributed by atoms with van der Waals surface area (Å²) < 4.78 is 6.01. The maximum absolute atomic E-state index is 10.9. The van der Waals surface area contributed by atoms with E-state index in [-0.39, 0.29) is 11.7 Å². The fraction of sp³-hybridized carbons (Fsp3) is 0.462. The molecule has 0 amide bonds. The Morgan fingerprint density at radius 2 is 2.28 bits per heavy atom. The molecule has 0 saturated heterocycles. The maximum atomic E-state index is 10.9. The molecule has 0 spiro atoms. The molecule has 0 aromatic heterocycles. The number of anilines is 1. The molecule has 1 fully saturated rings. The molecule has 1 aliphatic carbocycles. The lowest BCUT2D eigenvalue weighted by molar-refractivity contribution is 0.0696. The van der Waals surface area contributed by atoms with Crippen LogP contribution in [-0.4, -0.2) is 30.3 Å². The first-order valence-electron chi connectivity index (χ1n) is 5.94. The van der Waals surface area contributed by atoms with Crippen molar-refractivity contribution >= 4 is 27.6 Å². The van der Waals surface area contributed by atoms with Crippen LogP contribution >= 0.6 is 15.9 Å². The summed E-state index contributed by atoms with van der Waals surface area (Å²) in [4.78, 5) is 10.9. The molecule has 98 valence electrons. The Kier molecular flexibility index (Phi) is 4.24. The van der Waals surface area contributed by atoms with E-state index in [1.807, 2.05) is 0 Å². The zero-order chi connectivity index (χ0) is 13.1. The van der Waals surface area contributed by atoms with E-state index in [4.69, 9.17) is 9.84 Å². The number of rotatable bonds is 4. The van der Waals surface area contributed by atoms with Crippen molar-refractivity contribution in [2.24, 2.45) is 0 Å². The van der Waals surface area contributed by atoms with Crippen LogP contribution in [0.25, 0.3) is 0 Å². The largest absolute Gasteiger partial charge is 0.478 e. The first-order valence-corrected chi connectivity index (χ1v) is 6.73. The molecule has 2 unspecified atom stereocenters. The van der Waals surface area contributed by atoms with E-state index in [0.29, 0.717) is 10.5 Å². The highest BCUT2D eigenvalue weighted by atomic mass is 79.9. The fourth-order valence-corrected chi connectivity index (χ4v) is 2.91. The van der Waals surface area contributed by atoms with Crippen LogP contribution in [0.15, 0.2) is 22.7 Å². The van der Waals surface area contributed by atoms with Crippen LogP contribution in [0.4, 0.5) is 5.69 Å². The standard InChI is InChI=1S/C13H16BrNO3/c1-18-12-4-2-3-11(12)15-8-5-6-9(13(16)17)10(14)7-8/h5-7,11-12,15H,2-4H2,1H3,(H,16,17). The van der Waals surface area contributed by atoms with Crippen molar-refractivity contribution in [1.82, 2.24) is 0 Å². The lowest BCUT2D eigenvalue weighted by Crippen LogP contribution is -2.29. The zero-order valence-electron chi connectivity index (χ0n) is 10.1. The summed E-state index contributed by atoms with van der Waals surface area (Å²) >= 11 is 3.28. The molecular weight excluding hydrogens is 298 g/mol. The van der Waals surface area contributed by atoms with Crippen molar-refractivity contribution < 1.29 is 14.6 Å². The van der Waals surface area contributed by atoms with Gasteiger partial charge in [0.25, 0.3) is 0 Å². The number of halogens is 1. The molecule has 1 aromatic rings. The van der Waals surface area contributed by atoms with Gasteiger partial charge in [-0.25, -0.2) is 4.79 Å². The van der Waals surface area contributed by atoms with Crippen molar-refractivity contribution in [3.8, 4) is 0 Å². The van der Waals surface area contributed by atoms with Gasteiger partial charge in [0.15, 0.2) is 0 Å². The molecule has 1 saturated carbocycles. The monoisotopic (exact) mass is 313 g/mol. The van der Waals surface area contributed by atoms with E-state index >= 15 is 0 Å². The third kappa shape index (κ3) is 2.84. The smallest absolute Gasteiger partial charge is 0.336 e. The van der Waals surface area contributed by atoms with E-state index in [9.17, 15) is 4.79 Å². The highest BCUT2D eigenvalue weighted by Crippen LogP contribution is 2.27. The molecule has 2 rings (SSSR count). The van der Waals surface area contributed by atoms with Gasteiger partial charge in [-0.2, -0.15) is 0 Å². The minimum absolute atomic E-state index is 0.239. The van der Waals surface area contributed by atoms with Crippen LogP contribution in [0.1, 0.15) is 29.6 Å². The normalized spacial score (nSPS) is 23.0. The van der Waals surface area contributed by atoms with Gasteiger partial charge in [-0.3, -0.25) is 0 Å². The van der Waals surface area contributed by atoms with Crippen LogP contribution in [0.2, 0.25) is 0 Å². The lowest BCUT2D eigenvalue weighted by Gasteiger charge is -2.21. The Hall–Kier alpha value is -1.07. The number of benzene rings is 1. The number of nitrogens with one attached hydrogen (secondary N) is 1. The second-order valence-electron chi connectivity index (χ2n) is 4.46. The second-order valence-corrected chi connectivity index (χ2v) is 5.31. The highest BCUT2D eigenvalue weighted by molar-refractivity contribution is 9.10. The van der Waals surface area contributed by atoms with Crippen molar-refractivity contribution in [3.63, 3.8) is 0 Å². The second kappa shape index (κ2) is 5.71. The summed E-state index contributed by atoms with van der Waals surface area (Å²) in [5.41, 5.74) is 1.19. The summed E-state index contributed by atoms with van der Waals surface area (Å²) in [5, 5.41) is 12.4. The van der Waals surface area contributed by atoms with Crippen LogP contribution < -0.4 is 5.32 Å². The van der Waals surface area contributed by atoms with Gasteiger partial charge in [-0.1, -0.05) is 0 Å². The zero-order valence-corrected chi connectivity index (χ0v) is 11.7. The number of carbonyl (C=O) groups is 1. The van der Waals surface area contributed by atoms with Gasteiger partial charge < -0.3 is 15.2 Å². The Morgan fingerprint density at radius 3 is 2.89 bits per heavy atom. The van der Waals surface area contributed by atoms with Crippen LogP contribution in [0.3, 0.4) is 0 Å². The summed E-state index contributed by atoms with van der Waals surface area (Å²) in [6.45, 7) is 0. The van der Waals surface area contributed by atoms with E-state index < -0.39 is 5.97 Å². The Balaban J connectivity index is 2.10. The van der Waals surface area contributed by atoms with E-state index in [1.165, 1.54) is 0 Å². The van der Waals surface area contributed by atoms with Gasteiger partial charge in [0.2, 0.25) is 0 Å².